The molecule has 8 aromatic rings. The van der Waals surface area contributed by atoms with Crippen LogP contribution in [0.4, 0.5) is 0 Å². The summed E-state index contributed by atoms with van der Waals surface area (Å²) in [6.07, 6.45) is 10.5. The Bertz CT molecular complexity index is 2430. The molecule has 0 fully saturated rings. The second-order valence-corrected chi connectivity index (χ2v) is 12.2. The van der Waals surface area contributed by atoms with Gasteiger partial charge in [0.25, 0.3) is 0 Å². The van der Waals surface area contributed by atoms with Crippen LogP contribution in [0.15, 0.2) is 152 Å². The second-order valence-electron chi connectivity index (χ2n) is 12.2. The van der Waals surface area contributed by atoms with E-state index in [4.69, 9.17) is 15.0 Å². The van der Waals surface area contributed by atoms with Gasteiger partial charge in [-0.05, 0) is 92.5 Å². The third kappa shape index (κ3) is 5.04. The third-order valence-corrected chi connectivity index (χ3v) is 9.24. The van der Waals surface area contributed by atoms with E-state index in [0.717, 1.165) is 51.8 Å². The van der Waals surface area contributed by atoms with Crippen molar-refractivity contribution in [1.82, 2.24) is 19.9 Å². The molecule has 226 valence electrons. The van der Waals surface area contributed by atoms with Crippen molar-refractivity contribution in [2.75, 3.05) is 0 Å². The number of nitrogens with zero attached hydrogens (tertiary/aromatic N) is 4. The summed E-state index contributed by atoms with van der Waals surface area (Å²) in [6.45, 7) is 0. The Morgan fingerprint density at radius 2 is 1.00 bits per heavy atom. The maximum atomic E-state index is 5.06. The molecule has 0 atom stereocenters. The number of allylic oxidation sites excluding steroid dienone is 1. The number of rotatable bonds is 5. The molecule has 4 heteroatoms. The van der Waals surface area contributed by atoms with Gasteiger partial charge >= 0.3 is 0 Å². The first kappa shape index (κ1) is 28.0. The SMILES string of the molecule is C1=Cc2c(c3ccccc3c3ccc(-c4cc(-c5cccnc5)cc(-c5nc(-c6ccccc6)nc(-c6ccccc6)n5)c4)cc23)CC1. The average Bonchev–Trinajstić information content (AvgIpc) is 3.18. The number of benzene rings is 6. The maximum absolute atomic E-state index is 5.06. The maximum Gasteiger partial charge on any atom is 0.164 e. The average molecular weight is 615 g/mol. The van der Waals surface area contributed by atoms with Gasteiger partial charge in [-0.1, -0.05) is 115 Å². The molecule has 0 radical (unpaired) electrons. The summed E-state index contributed by atoms with van der Waals surface area (Å²) in [5, 5.41) is 5.23. The molecule has 0 bridgehead atoms. The fraction of sp³-hybridized carbons (Fsp3) is 0.0455. The van der Waals surface area contributed by atoms with Crippen LogP contribution in [0.5, 0.6) is 0 Å². The number of hydrogen-bond donors (Lipinski definition) is 0. The lowest BCUT2D eigenvalue weighted by atomic mass is 9.85. The monoisotopic (exact) mass is 614 g/mol. The van der Waals surface area contributed by atoms with Gasteiger partial charge in [-0.15, -0.1) is 0 Å². The Hall–Kier alpha value is -6.26. The Balaban J connectivity index is 1.28. The minimum Gasteiger partial charge on any atom is -0.264 e. The number of pyridine rings is 1. The first-order chi connectivity index (χ1) is 23.8. The smallest absolute Gasteiger partial charge is 0.164 e. The van der Waals surface area contributed by atoms with Gasteiger partial charge in [0.1, 0.15) is 0 Å². The number of hydrogen-bond acceptors (Lipinski definition) is 4. The molecule has 0 saturated carbocycles. The normalized spacial score (nSPS) is 12.3. The van der Waals surface area contributed by atoms with E-state index < -0.39 is 0 Å². The second kappa shape index (κ2) is 11.8. The van der Waals surface area contributed by atoms with E-state index in [0.29, 0.717) is 17.5 Å². The van der Waals surface area contributed by atoms with E-state index in [1.54, 1.807) is 0 Å². The quantitative estimate of drug-likeness (QED) is 0.181. The zero-order valence-electron chi connectivity index (χ0n) is 26.2. The number of aryl methyl sites for hydroxylation is 1. The van der Waals surface area contributed by atoms with Crippen LogP contribution in [0.2, 0.25) is 0 Å². The molecule has 4 nitrogen and oxygen atoms in total. The van der Waals surface area contributed by atoms with Crippen molar-refractivity contribution < 1.29 is 0 Å². The van der Waals surface area contributed by atoms with Crippen LogP contribution >= 0.6 is 0 Å². The van der Waals surface area contributed by atoms with E-state index in [9.17, 15) is 0 Å². The molecule has 0 N–H and O–H groups in total. The highest BCUT2D eigenvalue weighted by Gasteiger charge is 2.18. The molecule has 0 saturated heterocycles. The fourth-order valence-electron chi connectivity index (χ4n) is 6.92. The highest BCUT2D eigenvalue weighted by molar-refractivity contribution is 6.14. The zero-order chi connectivity index (χ0) is 31.9. The molecule has 0 unspecified atom stereocenters. The number of fused-ring (bicyclic) bond motifs is 6. The van der Waals surface area contributed by atoms with E-state index in [1.807, 2.05) is 79.1 Å². The van der Waals surface area contributed by atoms with Gasteiger partial charge in [0.2, 0.25) is 0 Å². The lowest BCUT2D eigenvalue weighted by molar-refractivity contribution is 1.00. The standard InChI is InChI=1S/C44H30N4/c1-3-12-29(13-4-1)42-46-43(30-14-5-2-6-15-30)48-44(47-42)35-25-33(24-34(26-35)32-16-11-23-45-28-32)31-21-22-40-38-19-8-7-17-36(38)37-18-9-10-20-39(37)41(40)27-31/h1-8,10-17,19-28H,9,18H2. The van der Waals surface area contributed by atoms with Crippen LogP contribution in [0.3, 0.4) is 0 Å². The van der Waals surface area contributed by atoms with Gasteiger partial charge < -0.3 is 0 Å². The van der Waals surface area contributed by atoms with Crippen LogP contribution in [-0.4, -0.2) is 19.9 Å². The van der Waals surface area contributed by atoms with Crippen molar-refractivity contribution in [3.63, 3.8) is 0 Å². The Kier molecular flexibility index (Phi) is 6.90. The summed E-state index contributed by atoms with van der Waals surface area (Å²) in [5.41, 5.74) is 9.91. The van der Waals surface area contributed by atoms with Gasteiger partial charge in [0, 0.05) is 34.6 Å². The third-order valence-electron chi connectivity index (χ3n) is 9.24. The van der Waals surface area contributed by atoms with Crippen LogP contribution in [0.25, 0.3) is 84.0 Å². The van der Waals surface area contributed by atoms with Gasteiger partial charge in [-0.25, -0.2) is 15.0 Å². The van der Waals surface area contributed by atoms with Crippen molar-refractivity contribution >= 4 is 27.6 Å². The van der Waals surface area contributed by atoms with Gasteiger partial charge in [-0.2, -0.15) is 0 Å². The summed E-state index contributed by atoms with van der Waals surface area (Å²) in [4.78, 5) is 19.5. The molecule has 0 aliphatic heterocycles. The summed E-state index contributed by atoms with van der Waals surface area (Å²) < 4.78 is 0. The minimum absolute atomic E-state index is 0.627. The molecular formula is C44H30N4. The van der Waals surface area contributed by atoms with Crippen LogP contribution < -0.4 is 0 Å². The number of aromatic nitrogens is 4. The molecule has 9 rings (SSSR count). The van der Waals surface area contributed by atoms with Crippen LogP contribution in [0, 0.1) is 0 Å². The molecule has 2 aromatic heterocycles. The first-order valence-electron chi connectivity index (χ1n) is 16.4. The highest BCUT2D eigenvalue weighted by atomic mass is 15.0. The van der Waals surface area contributed by atoms with Crippen LogP contribution in [-0.2, 0) is 6.42 Å². The predicted octanol–water partition coefficient (Wildman–Crippen LogP) is 10.9. The van der Waals surface area contributed by atoms with Crippen molar-refractivity contribution in [3.05, 3.63) is 163 Å². The minimum atomic E-state index is 0.627. The molecule has 1 aliphatic carbocycles. The molecule has 48 heavy (non-hydrogen) atoms. The lowest BCUT2D eigenvalue weighted by Crippen LogP contribution is -2.00. The Morgan fingerprint density at radius 3 is 1.69 bits per heavy atom. The van der Waals surface area contributed by atoms with Crippen molar-refractivity contribution in [2.24, 2.45) is 0 Å². The van der Waals surface area contributed by atoms with E-state index in [2.05, 4.69) is 83.9 Å². The summed E-state index contributed by atoms with van der Waals surface area (Å²) >= 11 is 0. The van der Waals surface area contributed by atoms with Crippen LogP contribution in [0.1, 0.15) is 17.5 Å². The van der Waals surface area contributed by atoms with Gasteiger partial charge in [-0.3, -0.25) is 4.98 Å². The largest absolute Gasteiger partial charge is 0.264 e. The van der Waals surface area contributed by atoms with E-state index in [-0.39, 0.29) is 0 Å². The molecule has 1 aliphatic rings. The van der Waals surface area contributed by atoms with Crippen molar-refractivity contribution in [2.45, 2.75) is 12.8 Å². The van der Waals surface area contributed by atoms with Crippen molar-refractivity contribution in [3.8, 4) is 56.4 Å². The summed E-state index contributed by atoms with van der Waals surface area (Å²) in [6, 6.07) is 46.7. The van der Waals surface area contributed by atoms with Crippen molar-refractivity contribution in [1.29, 1.82) is 0 Å². The van der Waals surface area contributed by atoms with E-state index >= 15 is 0 Å². The first-order valence-corrected chi connectivity index (χ1v) is 16.4. The predicted molar refractivity (Wildman–Crippen MR) is 197 cm³/mol. The highest BCUT2D eigenvalue weighted by Crippen LogP contribution is 2.40. The molecule has 2 heterocycles. The lowest BCUT2D eigenvalue weighted by Gasteiger charge is -2.19. The Labute approximate surface area is 279 Å². The molecule has 6 aromatic carbocycles. The zero-order valence-corrected chi connectivity index (χ0v) is 26.2. The van der Waals surface area contributed by atoms with Gasteiger partial charge in [0.05, 0.1) is 0 Å². The molecular weight excluding hydrogens is 585 g/mol. The molecule has 0 spiro atoms. The van der Waals surface area contributed by atoms with E-state index in [1.165, 1.54) is 32.7 Å². The summed E-state index contributed by atoms with van der Waals surface area (Å²) in [5.74, 6) is 1.91. The Morgan fingerprint density at radius 1 is 0.417 bits per heavy atom. The molecule has 0 amide bonds. The summed E-state index contributed by atoms with van der Waals surface area (Å²) in [7, 11) is 0. The topological polar surface area (TPSA) is 51.6 Å². The van der Waals surface area contributed by atoms with Gasteiger partial charge in [0.15, 0.2) is 17.5 Å². The fourth-order valence-corrected chi connectivity index (χ4v) is 6.92.